The van der Waals surface area contributed by atoms with Gasteiger partial charge < -0.3 is 20.3 Å². The van der Waals surface area contributed by atoms with Crippen LogP contribution in [0.15, 0.2) is 6.07 Å². The number of hydrogen-bond acceptors (Lipinski definition) is 5. The number of carbonyl (C=O) groups is 1. The van der Waals surface area contributed by atoms with Gasteiger partial charge in [-0.3, -0.25) is 4.79 Å². The van der Waals surface area contributed by atoms with E-state index < -0.39 is 5.41 Å². The smallest absolute Gasteiger partial charge is 0.317 e. The number of fused-ring (bicyclic) bond motifs is 1. The third kappa shape index (κ3) is 2.38. The van der Waals surface area contributed by atoms with Crippen LogP contribution in [0.3, 0.4) is 0 Å². The molecule has 1 aromatic carbocycles. The molecule has 28 heavy (non-hydrogen) atoms. The fraction of sp³-hybridized carbons (Fsp3) is 0.696. The zero-order valence-corrected chi connectivity index (χ0v) is 17.8. The highest BCUT2D eigenvalue weighted by Gasteiger charge is 2.70. The van der Waals surface area contributed by atoms with E-state index in [1.807, 2.05) is 19.9 Å². The molecule has 2 fully saturated rings. The summed E-state index contributed by atoms with van der Waals surface area (Å²) in [5, 5.41) is 25.6. The Kier molecular flexibility index (Phi) is 4.28. The second kappa shape index (κ2) is 6.12. The van der Waals surface area contributed by atoms with Crippen LogP contribution in [0.25, 0.3) is 0 Å². The Bertz CT molecular complexity index is 828. The molecule has 1 saturated heterocycles. The Morgan fingerprint density at radius 2 is 1.82 bits per heavy atom. The third-order valence-electron chi connectivity index (χ3n) is 7.28. The van der Waals surface area contributed by atoms with Crippen molar-refractivity contribution in [3.8, 4) is 11.5 Å². The van der Waals surface area contributed by atoms with E-state index in [-0.39, 0.29) is 52.9 Å². The van der Waals surface area contributed by atoms with Crippen molar-refractivity contribution < 1.29 is 19.7 Å². The van der Waals surface area contributed by atoms with Gasteiger partial charge >= 0.3 is 5.97 Å². The van der Waals surface area contributed by atoms with Gasteiger partial charge in [0.15, 0.2) is 11.5 Å². The fourth-order valence-corrected chi connectivity index (χ4v) is 6.27. The first-order valence-corrected chi connectivity index (χ1v) is 10.6. The lowest BCUT2D eigenvalue weighted by atomic mass is 9.49. The molecule has 4 atom stereocenters. The Balaban J connectivity index is 2.05. The van der Waals surface area contributed by atoms with Crippen molar-refractivity contribution >= 4 is 5.97 Å². The maximum absolute atomic E-state index is 13.3. The van der Waals surface area contributed by atoms with Crippen LogP contribution in [0, 0.1) is 11.3 Å². The second-order valence-electron chi connectivity index (χ2n) is 10.2. The fourth-order valence-electron chi connectivity index (χ4n) is 6.27. The number of hydrogen-bond donors (Lipinski definition) is 3. The minimum absolute atomic E-state index is 0.0276. The lowest BCUT2D eigenvalue weighted by Gasteiger charge is -2.52. The SMILES string of the molecule is CC(C)NC1c2cc(C(C)C)c(O)c(O)c2C23CCCC(C)(C)C2C1OC3=O. The van der Waals surface area contributed by atoms with E-state index in [9.17, 15) is 15.0 Å². The molecule has 0 aromatic heterocycles. The van der Waals surface area contributed by atoms with Gasteiger partial charge in [-0.15, -0.1) is 0 Å². The van der Waals surface area contributed by atoms with E-state index in [1.54, 1.807) is 0 Å². The Morgan fingerprint density at radius 3 is 2.43 bits per heavy atom. The maximum Gasteiger partial charge on any atom is 0.317 e. The van der Waals surface area contributed by atoms with E-state index in [1.165, 1.54) is 0 Å². The highest BCUT2D eigenvalue weighted by atomic mass is 16.6. The van der Waals surface area contributed by atoms with Crippen molar-refractivity contribution in [1.82, 2.24) is 5.32 Å². The molecule has 0 amide bonds. The summed E-state index contributed by atoms with van der Waals surface area (Å²) in [5.41, 5.74) is 1.27. The second-order valence-corrected chi connectivity index (χ2v) is 10.2. The average Bonchev–Trinajstić information content (AvgIpc) is 2.84. The summed E-state index contributed by atoms with van der Waals surface area (Å²) in [4.78, 5) is 13.3. The molecular formula is C23H33NO4. The maximum atomic E-state index is 13.3. The molecule has 154 valence electrons. The summed E-state index contributed by atoms with van der Waals surface area (Å²) in [5.74, 6) is -0.427. The van der Waals surface area contributed by atoms with Gasteiger partial charge in [0.1, 0.15) is 11.5 Å². The van der Waals surface area contributed by atoms with Crippen LogP contribution in [-0.2, 0) is 14.9 Å². The number of carbonyl (C=O) groups excluding carboxylic acids is 1. The van der Waals surface area contributed by atoms with E-state index in [0.717, 1.165) is 18.4 Å². The topological polar surface area (TPSA) is 78.8 Å². The van der Waals surface area contributed by atoms with E-state index >= 15 is 0 Å². The van der Waals surface area contributed by atoms with Crippen molar-refractivity contribution in [3.63, 3.8) is 0 Å². The molecule has 2 bridgehead atoms. The molecule has 1 saturated carbocycles. The predicted octanol–water partition coefficient (Wildman–Crippen LogP) is 4.26. The Hall–Kier alpha value is -1.75. The number of ether oxygens (including phenoxy) is 1. The molecule has 2 aliphatic carbocycles. The van der Waals surface area contributed by atoms with Crippen molar-refractivity contribution in [2.45, 2.75) is 90.3 Å². The van der Waals surface area contributed by atoms with Gasteiger partial charge in [-0.05, 0) is 35.8 Å². The first kappa shape index (κ1) is 19.6. The molecular weight excluding hydrogens is 354 g/mol. The summed E-state index contributed by atoms with van der Waals surface area (Å²) in [7, 11) is 0. The normalized spacial score (nSPS) is 33.0. The minimum Gasteiger partial charge on any atom is -0.504 e. The van der Waals surface area contributed by atoms with Crippen molar-refractivity contribution in [3.05, 3.63) is 22.8 Å². The standard InChI is InChI=1S/C23H33NO4/c1-11(2)13-10-14-15(18(26)17(13)25)23-9-7-8-22(5,6)20(23)19(28-21(23)27)16(14)24-12(3)4/h10-12,16,19-20,24-26H,7-9H2,1-6H3. The van der Waals surface area contributed by atoms with Crippen LogP contribution < -0.4 is 5.32 Å². The molecule has 4 rings (SSSR count). The van der Waals surface area contributed by atoms with Gasteiger partial charge in [-0.25, -0.2) is 0 Å². The number of phenols is 2. The largest absolute Gasteiger partial charge is 0.504 e. The van der Waals surface area contributed by atoms with Crippen LogP contribution in [0.2, 0.25) is 0 Å². The molecule has 1 aromatic rings. The Labute approximate surface area is 167 Å². The molecule has 4 unspecified atom stereocenters. The highest BCUT2D eigenvalue weighted by molar-refractivity contribution is 5.90. The van der Waals surface area contributed by atoms with Gasteiger partial charge in [-0.1, -0.05) is 48.0 Å². The van der Waals surface area contributed by atoms with Crippen LogP contribution in [0.5, 0.6) is 11.5 Å². The quantitative estimate of drug-likeness (QED) is 0.533. The van der Waals surface area contributed by atoms with Crippen LogP contribution in [0.1, 0.15) is 89.5 Å². The average molecular weight is 388 g/mol. The van der Waals surface area contributed by atoms with E-state index in [0.29, 0.717) is 17.5 Å². The summed E-state index contributed by atoms with van der Waals surface area (Å²) in [6.45, 7) is 12.6. The Morgan fingerprint density at radius 1 is 1.14 bits per heavy atom. The third-order valence-corrected chi connectivity index (χ3v) is 7.28. The van der Waals surface area contributed by atoms with Gasteiger partial charge in [0.05, 0.1) is 6.04 Å². The zero-order chi connectivity index (χ0) is 20.6. The molecule has 5 heteroatoms. The molecule has 1 heterocycles. The molecule has 1 aliphatic heterocycles. The van der Waals surface area contributed by atoms with Crippen molar-refractivity contribution in [2.24, 2.45) is 11.3 Å². The molecule has 0 spiro atoms. The first-order valence-electron chi connectivity index (χ1n) is 10.6. The number of rotatable bonds is 3. The highest BCUT2D eigenvalue weighted by Crippen LogP contribution is 2.66. The minimum atomic E-state index is -0.867. The number of aromatic hydroxyl groups is 2. The van der Waals surface area contributed by atoms with E-state index in [2.05, 4.69) is 33.0 Å². The lowest BCUT2D eigenvalue weighted by molar-refractivity contribution is -0.146. The summed E-state index contributed by atoms with van der Waals surface area (Å²) < 4.78 is 6.06. The number of esters is 1. The van der Waals surface area contributed by atoms with Crippen molar-refractivity contribution in [2.75, 3.05) is 0 Å². The number of nitrogens with one attached hydrogen (secondary N) is 1. The van der Waals surface area contributed by atoms with Gasteiger partial charge in [-0.2, -0.15) is 0 Å². The molecule has 3 N–H and O–H groups in total. The van der Waals surface area contributed by atoms with Gasteiger partial charge in [0.25, 0.3) is 0 Å². The van der Waals surface area contributed by atoms with E-state index in [4.69, 9.17) is 4.74 Å². The molecule has 0 radical (unpaired) electrons. The summed E-state index contributed by atoms with van der Waals surface area (Å²) >= 11 is 0. The van der Waals surface area contributed by atoms with Gasteiger partial charge in [0, 0.05) is 23.1 Å². The number of phenolic OH excluding ortho intramolecular Hbond substituents is 2. The summed E-state index contributed by atoms with van der Waals surface area (Å²) in [6.07, 6.45) is 2.32. The summed E-state index contributed by atoms with van der Waals surface area (Å²) in [6, 6.07) is 1.99. The lowest BCUT2D eigenvalue weighted by Crippen LogP contribution is -2.56. The first-order chi connectivity index (χ1) is 13.0. The number of benzene rings is 1. The molecule has 3 aliphatic rings. The predicted molar refractivity (Wildman–Crippen MR) is 108 cm³/mol. The monoisotopic (exact) mass is 387 g/mol. The molecule has 5 nitrogen and oxygen atoms in total. The van der Waals surface area contributed by atoms with Crippen LogP contribution >= 0.6 is 0 Å². The zero-order valence-electron chi connectivity index (χ0n) is 17.8. The van der Waals surface area contributed by atoms with Crippen LogP contribution in [0.4, 0.5) is 0 Å². The van der Waals surface area contributed by atoms with Crippen LogP contribution in [-0.4, -0.2) is 28.3 Å². The van der Waals surface area contributed by atoms with Crippen molar-refractivity contribution in [1.29, 1.82) is 0 Å². The van der Waals surface area contributed by atoms with Gasteiger partial charge in [0.2, 0.25) is 0 Å².